The van der Waals surface area contributed by atoms with Gasteiger partial charge >= 0.3 is 6.03 Å². The molecule has 0 saturated carbocycles. The van der Waals surface area contributed by atoms with E-state index in [4.69, 9.17) is 9.47 Å². The Kier molecular flexibility index (Phi) is 5.80. The number of benzene rings is 3. The van der Waals surface area contributed by atoms with Crippen LogP contribution >= 0.6 is 0 Å². The van der Waals surface area contributed by atoms with Crippen molar-refractivity contribution in [2.45, 2.75) is 13.3 Å². The number of fused-ring (bicyclic) bond motifs is 1. The summed E-state index contributed by atoms with van der Waals surface area (Å²) in [6.07, 6.45) is 0.977. The molecular formula is C25H25N3O3. The number of hydrogen-bond donors (Lipinski definition) is 3. The number of ether oxygens (including phenoxy) is 2. The molecule has 0 saturated heterocycles. The predicted molar refractivity (Wildman–Crippen MR) is 125 cm³/mol. The van der Waals surface area contributed by atoms with E-state index in [0.29, 0.717) is 17.2 Å². The average Bonchev–Trinajstić information content (AvgIpc) is 3.17. The number of methoxy groups -OCH3 is 2. The van der Waals surface area contributed by atoms with Gasteiger partial charge in [-0.25, -0.2) is 4.79 Å². The lowest BCUT2D eigenvalue weighted by atomic mass is 10.1. The maximum absolute atomic E-state index is 12.9. The van der Waals surface area contributed by atoms with Gasteiger partial charge in [-0.2, -0.15) is 0 Å². The van der Waals surface area contributed by atoms with Gasteiger partial charge in [0.15, 0.2) is 0 Å². The number of para-hydroxylation sites is 1. The number of carbonyl (C=O) groups excluding carboxylic acids is 1. The van der Waals surface area contributed by atoms with Crippen molar-refractivity contribution in [3.05, 3.63) is 72.3 Å². The Morgan fingerprint density at radius 2 is 1.58 bits per heavy atom. The lowest BCUT2D eigenvalue weighted by Crippen LogP contribution is -2.19. The maximum atomic E-state index is 12.9. The number of rotatable bonds is 6. The first-order valence-corrected chi connectivity index (χ1v) is 10.1. The molecule has 0 bridgehead atoms. The molecule has 4 aromatic rings. The lowest BCUT2D eigenvalue weighted by molar-refractivity contribution is 0.262. The summed E-state index contributed by atoms with van der Waals surface area (Å²) in [5, 5.41) is 6.83. The van der Waals surface area contributed by atoms with Crippen LogP contribution in [0, 0.1) is 0 Å². The summed E-state index contributed by atoms with van der Waals surface area (Å²) in [7, 11) is 3.14. The number of urea groups is 1. The summed E-state index contributed by atoms with van der Waals surface area (Å²) in [4.78, 5) is 16.3. The smallest absolute Gasteiger partial charge is 0.323 e. The molecule has 0 fully saturated rings. The number of nitrogens with one attached hydrogen (secondary N) is 3. The molecule has 6 heteroatoms. The fourth-order valence-corrected chi connectivity index (χ4v) is 3.55. The van der Waals surface area contributed by atoms with Gasteiger partial charge in [0.05, 0.1) is 25.6 Å². The number of aromatic amines is 1. The minimum absolute atomic E-state index is 0.355. The Balaban J connectivity index is 1.66. The molecule has 3 aromatic carbocycles. The normalized spacial score (nSPS) is 10.7. The third kappa shape index (κ3) is 4.33. The second-order valence-electron chi connectivity index (χ2n) is 7.15. The zero-order valence-electron chi connectivity index (χ0n) is 17.8. The van der Waals surface area contributed by atoms with Gasteiger partial charge in [-0.1, -0.05) is 49.4 Å². The van der Waals surface area contributed by atoms with Gasteiger partial charge in [-0.15, -0.1) is 0 Å². The van der Waals surface area contributed by atoms with Crippen molar-refractivity contribution < 1.29 is 14.3 Å². The summed E-state index contributed by atoms with van der Waals surface area (Å²) in [5.41, 5.74) is 5.39. The topological polar surface area (TPSA) is 75.4 Å². The molecule has 3 N–H and O–H groups in total. The fraction of sp³-hybridized carbons (Fsp3) is 0.160. The van der Waals surface area contributed by atoms with Gasteiger partial charge in [0, 0.05) is 40.4 Å². The molecule has 158 valence electrons. The molecule has 0 aliphatic carbocycles. The summed E-state index contributed by atoms with van der Waals surface area (Å²) < 4.78 is 10.6. The van der Waals surface area contributed by atoms with Crippen molar-refractivity contribution in [1.82, 2.24) is 4.98 Å². The Morgan fingerprint density at radius 3 is 2.23 bits per heavy atom. The second kappa shape index (κ2) is 8.83. The minimum atomic E-state index is -0.355. The van der Waals surface area contributed by atoms with Crippen molar-refractivity contribution >= 4 is 28.3 Å². The molecule has 0 spiro atoms. The number of H-pyrrole nitrogens is 1. The Morgan fingerprint density at radius 1 is 0.903 bits per heavy atom. The maximum Gasteiger partial charge on any atom is 0.323 e. The van der Waals surface area contributed by atoms with Crippen LogP contribution in [-0.4, -0.2) is 25.2 Å². The summed E-state index contributed by atoms with van der Waals surface area (Å²) in [6, 6.07) is 21.1. The van der Waals surface area contributed by atoms with E-state index in [0.717, 1.165) is 34.3 Å². The van der Waals surface area contributed by atoms with Crippen LogP contribution in [0.25, 0.3) is 22.2 Å². The summed E-state index contributed by atoms with van der Waals surface area (Å²) >= 11 is 0. The Labute approximate surface area is 181 Å². The lowest BCUT2D eigenvalue weighted by Gasteiger charge is -2.12. The fourth-order valence-electron chi connectivity index (χ4n) is 3.55. The van der Waals surface area contributed by atoms with Crippen LogP contribution < -0.4 is 20.1 Å². The van der Waals surface area contributed by atoms with E-state index in [1.54, 1.807) is 32.4 Å². The number of aromatic nitrogens is 1. The van der Waals surface area contributed by atoms with E-state index >= 15 is 0 Å². The van der Waals surface area contributed by atoms with Crippen LogP contribution in [0.4, 0.5) is 16.2 Å². The molecule has 1 heterocycles. The van der Waals surface area contributed by atoms with Crippen LogP contribution in [0.2, 0.25) is 0 Å². The monoisotopic (exact) mass is 415 g/mol. The van der Waals surface area contributed by atoms with Gasteiger partial charge in [-0.3, -0.25) is 0 Å². The van der Waals surface area contributed by atoms with E-state index in [1.807, 2.05) is 24.3 Å². The first-order chi connectivity index (χ1) is 15.1. The van der Waals surface area contributed by atoms with Gasteiger partial charge < -0.3 is 25.1 Å². The van der Waals surface area contributed by atoms with Crippen molar-refractivity contribution in [2.24, 2.45) is 0 Å². The van der Waals surface area contributed by atoms with E-state index in [9.17, 15) is 4.79 Å². The van der Waals surface area contributed by atoms with Gasteiger partial charge in [0.2, 0.25) is 0 Å². The number of anilines is 2. The molecule has 31 heavy (non-hydrogen) atoms. The molecule has 0 atom stereocenters. The first kappa shape index (κ1) is 20.3. The van der Waals surface area contributed by atoms with E-state index in [1.165, 1.54) is 5.56 Å². The molecule has 0 aliphatic rings. The second-order valence-corrected chi connectivity index (χ2v) is 7.15. The molecule has 2 amide bonds. The highest BCUT2D eigenvalue weighted by Crippen LogP contribution is 2.35. The summed E-state index contributed by atoms with van der Waals surface area (Å²) in [5.74, 6) is 1.19. The quantitative estimate of drug-likeness (QED) is 0.358. The highest BCUT2D eigenvalue weighted by Gasteiger charge is 2.16. The average molecular weight is 415 g/mol. The van der Waals surface area contributed by atoms with Crippen LogP contribution in [-0.2, 0) is 6.42 Å². The third-order valence-electron chi connectivity index (χ3n) is 5.20. The van der Waals surface area contributed by atoms with E-state index in [2.05, 4.69) is 46.8 Å². The standard InChI is InChI=1S/C25H25N3O3/c1-4-16-9-11-17(12-10-16)23-24(21-7-5-6-8-22(21)27-23)28-25(29)26-18-13-19(30-2)15-20(14-18)31-3/h5-15,27H,4H2,1-3H3,(H2,26,28,29). The van der Waals surface area contributed by atoms with E-state index < -0.39 is 0 Å². The highest BCUT2D eigenvalue weighted by atomic mass is 16.5. The highest BCUT2D eigenvalue weighted by molar-refractivity contribution is 6.10. The number of carbonyl (C=O) groups is 1. The zero-order valence-corrected chi connectivity index (χ0v) is 17.8. The first-order valence-electron chi connectivity index (χ1n) is 10.1. The molecule has 0 radical (unpaired) electrons. The van der Waals surface area contributed by atoms with Crippen LogP contribution in [0.1, 0.15) is 12.5 Å². The van der Waals surface area contributed by atoms with Crippen molar-refractivity contribution in [3.8, 4) is 22.8 Å². The van der Waals surface area contributed by atoms with E-state index in [-0.39, 0.29) is 6.03 Å². The van der Waals surface area contributed by atoms with Crippen LogP contribution in [0.15, 0.2) is 66.7 Å². The van der Waals surface area contributed by atoms with Crippen LogP contribution in [0.5, 0.6) is 11.5 Å². The largest absolute Gasteiger partial charge is 0.497 e. The Hall–Kier alpha value is -3.93. The molecule has 0 unspecified atom stereocenters. The van der Waals surface area contributed by atoms with Crippen molar-refractivity contribution in [1.29, 1.82) is 0 Å². The molecule has 6 nitrogen and oxygen atoms in total. The van der Waals surface area contributed by atoms with Crippen molar-refractivity contribution in [3.63, 3.8) is 0 Å². The summed E-state index contributed by atoms with van der Waals surface area (Å²) in [6.45, 7) is 2.13. The van der Waals surface area contributed by atoms with Crippen molar-refractivity contribution in [2.75, 3.05) is 24.9 Å². The zero-order chi connectivity index (χ0) is 21.8. The number of hydrogen-bond acceptors (Lipinski definition) is 3. The number of aryl methyl sites for hydroxylation is 1. The molecule has 1 aromatic heterocycles. The predicted octanol–water partition coefficient (Wildman–Crippen LogP) is 6.06. The van der Waals surface area contributed by atoms with Gasteiger partial charge in [-0.05, 0) is 18.1 Å². The molecular weight excluding hydrogens is 390 g/mol. The van der Waals surface area contributed by atoms with Gasteiger partial charge in [0.25, 0.3) is 0 Å². The SMILES string of the molecule is CCc1ccc(-c2[nH]c3ccccc3c2NC(=O)Nc2cc(OC)cc(OC)c2)cc1. The van der Waals surface area contributed by atoms with Crippen LogP contribution in [0.3, 0.4) is 0 Å². The molecule has 0 aliphatic heterocycles. The van der Waals surface area contributed by atoms with Gasteiger partial charge in [0.1, 0.15) is 11.5 Å². The molecule has 4 rings (SSSR count). The number of amides is 2. The minimum Gasteiger partial charge on any atom is -0.497 e. The Bertz CT molecular complexity index is 1190. The third-order valence-corrected chi connectivity index (χ3v) is 5.20.